The van der Waals surface area contributed by atoms with Gasteiger partial charge in [-0.3, -0.25) is 4.68 Å². The van der Waals surface area contributed by atoms with E-state index >= 15 is 0 Å². The van der Waals surface area contributed by atoms with E-state index in [9.17, 15) is 5.26 Å². The van der Waals surface area contributed by atoms with Crippen molar-refractivity contribution >= 4 is 0 Å². The van der Waals surface area contributed by atoms with E-state index in [1.165, 1.54) is 0 Å². The molecule has 0 aliphatic rings. The van der Waals surface area contributed by atoms with Gasteiger partial charge >= 0.3 is 0 Å². The highest BCUT2D eigenvalue weighted by Crippen LogP contribution is 2.29. The normalized spacial score (nSPS) is 10.6. The molecule has 0 amide bonds. The number of hydrogen-bond acceptors (Lipinski definition) is 3. The first-order valence-corrected chi connectivity index (χ1v) is 7.94. The van der Waals surface area contributed by atoms with Crippen LogP contribution in [0.2, 0.25) is 0 Å². The van der Waals surface area contributed by atoms with Crippen LogP contribution in [0, 0.1) is 11.3 Å². The van der Waals surface area contributed by atoms with Gasteiger partial charge in [-0.15, -0.1) is 0 Å². The summed E-state index contributed by atoms with van der Waals surface area (Å²) in [6.07, 6.45) is 1.79. The Labute approximate surface area is 141 Å². The first kappa shape index (κ1) is 15.8. The molecule has 0 unspecified atom stereocenters. The summed E-state index contributed by atoms with van der Waals surface area (Å²) >= 11 is 0. The highest BCUT2D eigenvalue weighted by atomic mass is 16.5. The minimum absolute atomic E-state index is 0.263. The number of nitriles is 1. The van der Waals surface area contributed by atoms with E-state index in [1.54, 1.807) is 12.3 Å². The summed E-state index contributed by atoms with van der Waals surface area (Å²) in [6.45, 7) is 4.61. The third-order valence-corrected chi connectivity index (χ3v) is 3.79. The number of ether oxygens (including phenoxy) is 1. The minimum atomic E-state index is 0.263. The lowest BCUT2D eigenvalue weighted by Crippen LogP contribution is -2.05. The monoisotopic (exact) mass is 317 g/mol. The lowest BCUT2D eigenvalue weighted by atomic mass is 10.1. The van der Waals surface area contributed by atoms with Gasteiger partial charge in [0.25, 0.3) is 0 Å². The molecule has 0 saturated heterocycles. The Balaban J connectivity index is 1.91. The van der Waals surface area contributed by atoms with Crippen LogP contribution in [-0.2, 0) is 6.61 Å². The Bertz CT molecular complexity index is 860. The molecule has 0 N–H and O–H groups in total. The highest BCUT2D eigenvalue weighted by molar-refractivity contribution is 5.64. The summed E-state index contributed by atoms with van der Waals surface area (Å²) in [7, 11) is 0. The van der Waals surface area contributed by atoms with Gasteiger partial charge < -0.3 is 4.74 Å². The van der Waals surface area contributed by atoms with Crippen molar-refractivity contribution in [2.75, 3.05) is 0 Å². The minimum Gasteiger partial charge on any atom is -0.487 e. The van der Waals surface area contributed by atoms with E-state index in [4.69, 9.17) is 4.74 Å². The van der Waals surface area contributed by atoms with E-state index in [1.807, 2.05) is 53.2 Å². The quantitative estimate of drug-likeness (QED) is 0.692. The van der Waals surface area contributed by atoms with Crippen molar-refractivity contribution in [3.63, 3.8) is 0 Å². The summed E-state index contributed by atoms with van der Waals surface area (Å²) in [5.41, 5.74) is 3.60. The Morgan fingerprint density at radius 3 is 2.62 bits per heavy atom. The Morgan fingerprint density at radius 1 is 1.12 bits per heavy atom. The molecule has 120 valence electrons. The molecular weight excluding hydrogens is 298 g/mol. The van der Waals surface area contributed by atoms with Crippen molar-refractivity contribution in [2.24, 2.45) is 0 Å². The lowest BCUT2D eigenvalue weighted by Gasteiger charge is -2.13. The van der Waals surface area contributed by atoms with Gasteiger partial charge in [0.2, 0.25) is 0 Å². The molecular formula is C20H19N3O. The summed E-state index contributed by atoms with van der Waals surface area (Å²) in [4.78, 5) is 0. The van der Waals surface area contributed by atoms with Crippen LogP contribution in [0.1, 0.15) is 31.0 Å². The molecule has 0 spiro atoms. The van der Waals surface area contributed by atoms with Crippen molar-refractivity contribution < 1.29 is 4.74 Å². The van der Waals surface area contributed by atoms with Gasteiger partial charge in [0.15, 0.2) is 0 Å². The van der Waals surface area contributed by atoms with Gasteiger partial charge in [0.1, 0.15) is 18.4 Å². The standard InChI is InChI=1S/C20H19N3O/c1-15(2)23-19(10-11-22-23)17-8-9-18(13-21)20(12-17)24-14-16-6-4-3-5-7-16/h3-12,15H,14H2,1-2H3. The van der Waals surface area contributed by atoms with Gasteiger partial charge in [0.05, 0.1) is 11.3 Å². The molecule has 3 aromatic rings. The van der Waals surface area contributed by atoms with Crippen molar-refractivity contribution in [3.05, 3.63) is 71.9 Å². The first-order chi connectivity index (χ1) is 11.7. The third kappa shape index (κ3) is 3.31. The fraction of sp³-hybridized carbons (Fsp3) is 0.200. The van der Waals surface area contributed by atoms with Gasteiger partial charge in [-0.05, 0) is 37.6 Å². The predicted molar refractivity (Wildman–Crippen MR) is 93.5 cm³/mol. The first-order valence-electron chi connectivity index (χ1n) is 7.94. The molecule has 3 rings (SSSR count). The van der Waals surface area contributed by atoms with E-state index in [0.29, 0.717) is 17.9 Å². The predicted octanol–water partition coefficient (Wildman–Crippen LogP) is 4.58. The van der Waals surface area contributed by atoms with Crippen LogP contribution >= 0.6 is 0 Å². The maximum atomic E-state index is 9.33. The molecule has 0 aliphatic heterocycles. The zero-order chi connectivity index (χ0) is 16.9. The van der Waals surface area contributed by atoms with Crippen LogP contribution in [0.25, 0.3) is 11.3 Å². The van der Waals surface area contributed by atoms with Crippen LogP contribution in [-0.4, -0.2) is 9.78 Å². The second-order valence-electron chi connectivity index (χ2n) is 5.85. The highest BCUT2D eigenvalue weighted by Gasteiger charge is 2.12. The Kier molecular flexibility index (Phi) is 4.62. The van der Waals surface area contributed by atoms with Crippen LogP contribution in [0.15, 0.2) is 60.8 Å². The van der Waals surface area contributed by atoms with Gasteiger partial charge in [0, 0.05) is 17.8 Å². The summed E-state index contributed by atoms with van der Waals surface area (Å²) in [6, 6.07) is 20.0. The van der Waals surface area contributed by atoms with Crippen molar-refractivity contribution in [1.29, 1.82) is 5.26 Å². The van der Waals surface area contributed by atoms with Crippen LogP contribution < -0.4 is 4.74 Å². The Hall–Kier alpha value is -3.06. The smallest absolute Gasteiger partial charge is 0.138 e. The summed E-state index contributed by atoms with van der Waals surface area (Å²) in [5.74, 6) is 0.593. The molecule has 0 radical (unpaired) electrons. The SMILES string of the molecule is CC(C)n1nccc1-c1ccc(C#N)c(OCc2ccccc2)c1. The zero-order valence-corrected chi connectivity index (χ0v) is 13.8. The Morgan fingerprint density at radius 2 is 1.92 bits per heavy atom. The largest absolute Gasteiger partial charge is 0.487 e. The van der Waals surface area contributed by atoms with Gasteiger partial charge in [-0.2, -0.15) is 10.4 Å². The fourth-order valence-electron chi connectivity index (χ4n) is 2.58. The van der Waals surface area contributed by atoms with Crippen molar-refractivity contribution in [2.45, 2.75) is 26.5 Å². The number of rotatable bonds is 5. The number of nitrogens with zero attached hydrogens (tertiary/aromatic N) is 3. The summed E-state index contributed by atoms with van der Waals surface area (Å²) < 4.78 is 7.86. The van der Waals surface area contributed by atoms with Crippen molar-refractivity contribution in [3.8, 4) is 23.1 Å². The lowest BCUT2D eigenvalue weighted by molar-refractivity contribution is 0.305. The van der Waals surface area contributed by atoms with Crippen LogP contribution in [0.3, 0.4) is 0 Å². The molecule has 24 heavy (non-hydrogen) atoms. The maximum Gasteiger partial charge on any atom is 0.138 e. The average Bonchev–Trinajstić information content (AvgIpc) is 3.10. The van der Waals surface area contributed by atoms with Gasteiger partial charge in [-0.1, -0.05) is 36.4 Å². The van der Waals surface area contributed by atoms with Crippen molar-refractivity contribution in [1.82, 2.24) is 9.78 Å². The second-order valence-corrected chi connectivity index (χ2v) is 5.85. The zero-order valence-electron chi connectivity index (χ0n) is 13.8. The third-order valence-electron chi connectivity index (χ3n) is 3.79. The summed E-state index contributed by atoms with van der Waals surface area (Å²) in [5, 5.41) is 13.7. The van der Waals surface area contributed by atoms with E-state index in [-0.39, 0.29) is 6.04 Å². The average molecular weight is 317 g/mol. The molecule has 4 nitrogen and oxygen atoms in total. The molecule has 0 fully saturated rings. The molecule has 0 bridgehead atoms. The molecule has 2 aromatic carbocycles. The number of benzene rings is 2. The van der Waals surface area contributed by atoms with E-state index < -0.39 is 0 Å². The number of hydrogen-bond donors (Lipinski definition) is 0. The molecule has 0 saturated carbocycles. The molecule has 4 heteroatoms. The molecule has 1 heterocycles. The van der Waals surface area contributed by atoms with E-state index in [0.717, 1.165) is 16.8 Å². The van der Waals surface area contributed by atoms with E-state index in [2.05, 4.69) is 25.0 Å². The fourth-order valence-corrected chi connectivity index (χ4v) is 2.58. The number of aromatic nitrogens is 2. The van der Waals surface area contributed by atoms with Crippen LogP contribution in [0.4, 0.5) is 0 Å². The van der Waals surface area contributed by atoms with Crippen LogP contribution in [0.5, 0.6) is 5.75 Å². The maximum absolute atomic E-state index is 9.33. The topological polar surface area (TPSA) is 50.8 Å². The second kappa shape index (κ2) is 7.01. The molecule has 1 aromatic heterocycles. The molecule has 0 atom stereocenters. The molecule has 0 aliphatic carbocycles. The van der Waals surface area contributed by atoms with Gasteiger partial charge in [-0.25, -0.2) is 0 Å².